The van der Waals surface area contributed by atoms with Crippen molar-refractivity contribution in [2.24, 2.45) is 0 Å². The van der Waals surface area contributed by atoms with Crippen molar-refractivity contribution in [3.05, 3.63) is 0 Å². The molecular weight excluding hydrogens is 136 g/mol. The third-order valence-corrected chi connectivity index (χ3v) is 0.662. The van der Waals surface area contributed by atoms with Crippen LogP contribution in [-0.2, 0) is 9.53 Å². The zero-order chi connectivity index (χ0) is 7.98. The van der Waals surface area contributed by atoms with E-state index in [-0.39, 0.29) is 12.5 Å². The van der Waals surface area contributed by atoms with Crippen molar-refractivity contribution in [2.45, 2.75) is 0 Å². The van der Waals surface area contributed by atoms with E-state index in [1.54, 1.807) is 14.2 Å². The van der Waals surface area contributed by atoms with E-state index in [4.69, 9.17) is 0 Å². The molecule has 0 spiro atoms. The van der Waals surface area contributed by atoms with Crippen LogP contribution in [0.25, 0.3) is 0 Å². The molecule has 0 aromatic carbocycles. The Bertz CT molecular complexity index is 121. The number of amides is 3. The smallest absolute Gasteiger partial charge is 0.321 e. The van der Waals surface area contributed by atoms with Gasteiger partial charge in [0.15, 0.2) is 0 Å². The minimum atomic E-state index is -0.398. The highest BCUT2D eigenvalue weighted by Crippen LogP contribution is 1.73. The second-order valence-electron chi connectivity index (χ2n) is 1.64. The highest BCUT2D eigenvalue weighted by molar-refractivity contribution is 6.01. The predicted octanol–water partition coefficient (Wildman–Crippen LogP) is -0.912. The van der Waals surface area contributed by atoms with Gasteiger partial charge in [-0.15, -0.1) is 0 Å². The fourth-order valence-electron chi connectivity index (χ4n) is 0.376. The second kappa shape index (κ2) is 4.75. The van der Waals surface area contributed by atoms with E-state index in [1.807, 2.05) is 5.32 Å². The first-order valence-corrected chi connectivity index (χ1v) is 2.68. The Morgan fingerprint density at radius 3 is 2.00 bits per heavy atom. The number of imide groups is 1. The van der Waals surface area contributed by atoms with Crippen molar-refractivity contribution in [1.29, 1.82) is 0 Å². The van der Waals surface area contributed by atoms with Crippen molar-refractivity contribution in [1.82, 2.24) is 10.6 Å². The maximum Gasteiger partial charge on any atom is 0.321 e. The molecule has 5 heteroatoms. The molecule has 5 nitrogen and oxygen atoms in total. The quantitative estimate of drug-likeness (QED) is 0.435. The minimum absolute atomic E-state index is 0.124. The van der Waals surface area contributed by atoms with Gasteiger partial charge in [0, 0.05) is 14.2 Å². The maximum absolute atomic E-state index is 10.1. The molecule has 1 aliphatic heterocycles. The molecular formula is C5H10N2O3. The lowest BCUT2D eigenvalue weighted by atomic mass is 10.7. The first kappa shape index (κ1) is 8.90. The maximum atomic E-state index is 10.1. The molecule has 3 amide bonds. The van der Waals surface area contributed by atoms with E-state index < -0.39 is 6.03 Å². The van der Waals surface area contributed by atoms with Gasteiger partial charge in [0.25, 0.3) is 0 Å². The number of carbonyl (C=O) groups excluding carboxylic acids is 2. The molecule has 0 radical (unpaired) electrons. The lowest BCUT2D eigenvalue weighted by Gasteiger charge is -1.78. The van der Waals surface area contributed by atoms with Crippen LogP contribution in [0, 0.1) is 0 Å². The van der Waals surface area contributed by atoms with Crippen LogP contribution >= 0.6 is 0 Å². The second-order valence-corrected chi connectivity index (χ2v) is 1.64. The van der Waals surface area contributed by atoms with Crippen LogP contribution in [0.5, 0.6) is 0 Å². The van der Waals surface area contributed by atoms with Gasteiger partial charge in [0.2, 0.25) is 5.91 Å². The Hall–Kier alpha value is -1.10. The normalized spacial score (nSPS) is 15.0. The molecule has 0 aliphatic carbocycles. The van der Waals surface area contributed by atoms with Crippen LogP contribution in [0.1, 0.15) is 0 Å². The number of hydrogen-bond donors (Lipinski definition) is 2. The summed E-state index contributed by atoms with van der Waals surface area (Å²) in [7, 11) is 3.25. The first-order chi connectivity index (χ1) is 4.70. The molecule has 1 aliphatic rings. The molecule has 1 fully saturated rings. The van der Waals surface area contributed by atoms with E-state index in [9.17, 15) is 9.59 Å². The molecule has 58 valence electrons. The van der Waals surface area contributed by atoms with E-state index >= 15 is 0 Å². The Balaban J connectivity index is 0.000000236. The highest BCUT2D eigenvalue weighted by Gasteiger charge is 2.14. The van der Waals surface area contributed by atoms with Gasteiger partial charge in [0.05, 0.1) is 6.54 Å². The summed E-state index contributed by atoms with van der Waals surface area (Å²) in [6.45, 7) is 0.124. The molecule has 10 heavy (non-hydrogen) atoms. The monoisotopic (exact) mass is 146 g/mol. The lowest BCUT2D eigenvalue weighted by Crippen LogP contribution is -2.22. The van der Waals surface area contributed by atoms with E-state index in [1.165, 1.54) is 0 Å². The standard InChI is InChI=1S/C3H4N2O2.C2H6O/c6-2-1-4-3(7)5-2;1-3-2/h1H2,(H2,4,5,6,7);1-2H3. The number of methoxy groups -OCH3 is 1. The summed E-state index contributed by atoms with van der Waals surface area (Å²) in [5, 5.41) is 4.30. The fraction of sp³-hybridized carbons (Fsp3) is 0.600. The van der Waals surface area contributed by atoms with E-state index in [0.29, 0.717) is 0 Å². The molecule has 0 atom stereocenters. The van der Waals surface area contributed by atoms with Crippen molar-refractivity contribution in [3.63, 3.8) is 0 Å². The minimum Gasteiger partial charge on any atom is -0.388 e. The summed E-state index contributed by atoms with van der Waals surface area (Å²) in [5.74, 6) is -0.259. The van der Waals surface area contributed by atoms with Gasteiger partial charge in [-0.05, 0) is 0 Å². The zero-order valence-electron chi connectivity index (χ0n) is 5.93. The third-order valence-electron chi connectivity index (χ3n) is 0.662. The summed E-state index contributed by atoms with van der Waals surface area (Å²) in [5.41, 5.74) is 0. The number of urea groups is 1. The van der Waals surface area contributed by atoms with Gasteiger partial charge >= 0.3 is 6.03 Å². The number of hydrogen-bond acceptors (Lipinski definition) is 3. The average molecular weight is 146 g/mol. The topological polar surface area (TPSA) is 67.4 Å². The summed E-state index contributed by atoms with van der Waals surface area (Å²) in [6, 6.07) is -0.398. The number of nitrogens with one attached hydrogen (secondary N) is 2. The molecule has 0 aromatic rings. The largest absolute Gasteiger partial charge is 0.388 e. The number of ether oxygens (including phenoxy) is 1. The van der Waals surface area contributed by atoms with Gasteiger partial charge in [-0.2, -0.15) is 0 Å². The summed E-state index contributed by atoms with van der Waals surface area (Å²) in [6.07, 6.45) is 0. The van der Waals surface area contributed by atoms with Gasteiger partial charge in [0.1, 0.15) is 0 Å². The van der Waals surface area contributed by atoms with Crippen molar-refractivity contribution in [2.75, 3.05) is 20.8 Å². The van der Waals surface area contributed by atoms with E-state index in [2.05, 4.69) is 10.1 Å². The molecule has 1 saturated heterocycles. The molecule has 1 rings (SSSR count). The molecule has 2 N–H and O–H groups in total. The van der Waals surface area contributed by atoms with Crippen LogP contribution < -0.4 is 10.6 Å². The van der Waals surface area contributed by atoms with Crippen LogP contribution in [0.2, 0.25) is 0 Å². The van der Waals surface area contributed by atoms with E-state index in [0.717, 1.165) is 0 Å². The number of rotatable bonds is 0. The SMILES string of the molecule is COC.O=C1CNC(=O)N1. The molecule has 0 bridgehead atoms. The van der Waals surface area contributed by atoms with Crippen LogP contribution in [0.4, 0.5) is 4.79 Å². The van der Waals surface area contributed by atoms with Gasteiger partial charge in [-0.25, -0.2) is 4.79 Å². The van der Waals surface area contributed by atoms with Gasteiger partial charge in [-0.1, -0.05) is 0 Å². The average Bonchev–Trinajstić information content (AvgIpc) is 2.17. The van der Waals surface area contributed by atoms with Crippen LogP contribution in [-0.4, -0.2) is 32.7 Å². The number of carbonyl (C=O) groups is 2. The van der Waals surface area contributed by atoms with Crippen molar-refractivity contribution < 1.29 is 14.3 Å². The van der Waals surface area contributed by atoms with Crippen LogP contribution in [0.15, 0.2) is 0 Å². The summed E-state index contributed by atoms with van der Waals surface area (Å²) in [4.78, 5) is 20.1. The Morgan fingerprint density at radius 2 is 1.90 bits per heavy atom. The Labute approximate surface area is 58.7 Å². The first-order valence-electron chi connectivity index (χ1n) is 2.68. The third kappa shape index (κ3) is 3.85. The molecule has 0 unspecified atom stereocenters. The Morgan fingerprint density at radius 1 is 1.40 bits per heavy atom. The van der Waals surface area contributed by atoms with Crippen molar-refractivity contribution in [3.8, 4) is 0 Å². The van der Waals surface area contributed by atoms with Crippen molar-refractivity contribution >= 4 is 11.9 Å². The predicted molar refractivity (Wildman–Crippen MR) is 34.5 cm³/mol. The van der Waals surface area contributed by atoms with Crippen LogP contribution in [0.3, 0.4) is 0 Å². The highest BCUT2D eigenvalue weighted by atomic mass is 16.4. The molecule has 1 heterocycles. The lowest BCUT2D eigenvalue weighted by molar-refractivity contribution is -0.117. The molecule has 0 aromatic heterocycles. The zero-order valence-corrected chi connectivity index (χ0v) is 5.93. The molecule has 0 saturated carbocycles. The summed E-state index contributed by atoms with van der Waals surface area (Å²) >= 11 is 0. The Kier molecular flexibility index (Phi) is 4.23. The van der Waals surface area contributed by atoms with Gasteiger partial charge < -0.3 is 10.1 Å². The van der Waals surface area contributed by atoms with Gasteiger partial charge in [-0.3, -0.25) is 10.1 Å². The summed E-state index contributed by atoms with van der Waals surface area (Å²) < 4.78 is 4.25. The fourth-order valence-corrected chi connectivity index (χ4v) is 0.376.